The zero-order valence-electron chi connectivity index (χ0n) is 16.5. The van der Waals surface area contributed by atoms with Crippen molar-refractivity contribution < 1.29 is 19.4 Å². The van der Waals surface area contributed by atoms with Gasteiger partial charge in [0, 0.05) is 10.2 Å². The van der Waals surface area contributed by atoms with Crippen LogP contribution in [-0.2, 0) is 11.4 Å². The fraction of sp³-hybridized carbons (Fsp3) is 0.0417. The van der Waals surface area contributed by atoms with Gasteiger partial charge in [0.05, 0.1) is 9.13 Å². The molecule has 0 unspecified atom stereocenters. The number of carbonyl (C=O) groups is 2. The Hall–Kier alpha value is -3.16. The summed E-state index contributed by atoms with van der Waals surface area (Å²) in [7, 11) is 0. The number of carboxylic acid groups (broad SMARTS) is 1. The van der Waals surface area contributed by atoms with Gasteiger partial charge in [-0.3, -0.25) is 4.79 Å². The molecule has 0 aliphatic heterocycles. The van der Waals surface area contributed by atoms with Gasteiger partial charge in [0.1, 0.15) is 24.0 Å². The quantitative estimate of drug-likeness (QED) is 0.200. The number of benzene rings is 3. The number of halogens is 2. The van der Waals surface area contributed by atoms with Gasteiger partial charge in [0.2, 0.25) is 0 Å². The van der Waals surface area contributed by atoms with Gasteiger partial charge in [-0.25, -0.2) is 4.79 Å². The first kappa shape index (κ1) is 23.5. The zero-order chi connectivity index (χ0) is 23.1. The number of rotatable bonds is 7. The normalized spacial score (nSPS) is 10.8. The van der Waals surface area contributed by atoms with Crippen molar-refractivity contribution in [1.29, 1.82) is 5.26 Å². The number of ether oxygens (including phenoxy) is 1. The Morgan fingerprint density at radius 1 is 1.12 bits per heavy atom. The van der Waals surface area contributed by atoms with E-state index in [9.17, 15) is 14.9 Å². The second-order valence-electron chi connectivity index (χ2n) is 6.61. The lowest BCUT2D eigenvalue weighted by molar-refractivity contribution is -0.112. The fourth-order valence-corrected chi connectivity index (χ4v) is 3.80. The van der Waals surface area contributed by atoms with E-state index in [4.69, 9.17) is 9.84 Å². The molecule has 0 saturated carbocycles. The molecule has 6 nitrogen and oxygen atoms in total. The Balaban J connectivity index is 1.68. The van der Waals surface area contributed by atoms with E-state index in [2.05, 4.69) is 43.8 Å². The van der Waals surface area contributed by atoms with Crippen molar-refractivity contribution in [3.8, 4) is 11.8 Å². The average Bonchev–Trinajstić information content (AvgIpc) is 2.77. The van der Waals surface area contributed by atoms with E-state index < -0.39 is 11.9 Å². The molecule has 0 aliphatic carbocycles. The standard InChI is InChI=1S/C24H16BrIN2O4/c25-19-2-1-3-20(12-19)28-23(29)18(13-27)10-16-6-9-22(21(26)11-16)32-14-15-4-7-17(8-5-15)24(30)31/h1-12H,14H2,(H,28,29)(H,30,31)/b18-10-. The van der Waals surface area contributed by atoms with Crippen molar-refractivity contribution in [3.05, 3.63) is 97.0 Å². The minimum Gasteiger partial charge on any atom is -0.488 e. The summed E-state index contributed by atoms with van der Waals surface area (Å²) >= 11 is 5.46. The largest absolute Gasteiger partial charge is 0.488 e. The van der Waals surface area contributed by atoms with Crippen LogP contribution in [0.5, 0.6) is 5.75 Å². The Bertz CT molecular complexity index is 1230. The molecule has 0 saturated heterocycles. The summed E-state index contributed by atoms with van der Waals surface area (Å²) in [5.41, 5.74) is 2.31. The average molecular weight is 603 g/mol. The van der Waals surface area contributed by atoms with Crippen LogP contribution in [0.1, 0.15) is 21.5 Å². The number of hydrogen-bond acceptors (Lipinski definition) is 4. The highest BCUT2D eigenvalue weighted by Crippen LogP contribution is 2.25. The first-order chi connectivity index (χ1) is 15.4. The number of carbonyl (C=O) groups excluding carboxylic acids is 1. The Kier molecular flexibility index (Phi) is 8.03. The van der Waals surface area contributed by atoms with Gasteiger partial charge in [-0.1, -0.05) is 40.2 Å². The lowest BCUT2D eigenvalue weighted by Gasteiger charge is -2.10. The Morgan fingerprint density at radius 2 is 1.88 bits per heavy atom. The van der Waals surface area contributed by atoms with Gasteiger partial charge in [-0.15, -0.1) is 0 Å². The van der Waals surface area contributed by atoms with Crippen LogP contribution in [0.4, 0.5) is 5.69 Å². The van der Waals surface area contributed by atoms with Crippen LogP contribution in [0.15, 0.2) is 76.8 Å². The second-order valence-corrected chi connectivity index (χ2v) is 8.69. The third-order valence-corrected chi connectivity index (χ3v) is 5.65. The van der Waals surface area contributed by atoms with Gasteiger partial charge >= 0.3 is 5.97 Å². The summed E-state index contributed by atoms with van der Waals surface area (Å²) in [6, 6.07) is 20.9. The van der Waals surface area contributed by atoms with Crippen molar-refractivity contribution in [2.24, 2.45) is 0 Å². The van der Waals surface area contributed by atoms with Gasteiger partial charge in [0.15, 0.2) is 0 Å². The Labute approximate surface area is 206 Å². The lowest BCUT2D eigenvalue weighted by Crippen LogP contribution is -2.13. The van der Waals surface area contributed by atoms with Crippen LogP contribution in [0.25, 0.3) is 6.08 Å². The van der Waals surface area contributed by atoms with E-state index in [0.29, 0.717) is 17.0 Å². The zero-order valence-corrected chi connectivity index (χ0v) is 20.3. The number of carboxylic acids is 1. The van der Waals surface area contributed by atoms with Crippen molar-refractivity contribution in [2.45, 2.75) is 6.61 Å². The van der Waals surface area contributed by atoms with E-state index in [0.717, 1.165) is 13.6 Å². The van der Waals surface area contributed by atoms with Crippen LogP contribution >= 0.6 is 38.5 Å². The maximum Gasteiger partial charge on any atom is 0.335 e. The molecular formula is C24H16BrIN2O4. The summed E-state index contributed by atoms with van der Waals surface area (Å²) in [6.07, 6.45) is 1.52. The molecule has 0 fully saturated rings. The fourth-order valence-electron chi connectivity index (χ4n) is 2.71. The lowest BCUT2D eigenvalue weighted by atomic mass is 10.1. The van der Waals surface area contributed by atoms with E-state index >= 15 is 0 Å². The van der Waals surface area contributed by atoms with Crippen molar-refractivity contribution in [2.75, 3.05) is 5.32 Å². The first-order valence-corrected chi connectivity index (χ1v) is 11.2. The number of nitriles is 1. The van der Waals surface area contributed by atoms with Crippen LogP contribution in [0.2, 0.25) is 0 Å². The molecule has 0 heterocycles. The van der Waals surface area contributed by atoms with Gasteiger partial charge in [0.25, 0.3) is 5.91 Å². The second kappa shape index (κ2) is 10.9. The summed E-state index contributed by atoms with van der Waals surface area (Å²) < 4.78 is 7.45. The molecular weight excluding hydrogens is 587 g/mol. The summed E-state index contributed by atoms with van der Waals surface area (Å²) in [5.74, 6) is -0.828. The predicted octanol–water partition coefficient (Wildman–Crippen LogP) is 5.88. The van der Waals surface area contributed by atoms with Gasteiger partial charge in [-0.2, -0.15) is 5.26 Å². The first-order valence-electron chi connectivity index (χ1n) is 9.29. The predicted molar refractivity (Wildman–Crippen MR) is 133 cm³/mol. The molecule has 0 aliphatic rings. The third kappa shape index (κ3) is 6.42. The van der Waals surface area contributed by atoms with Crippen molar-refractivity contribution in [3.63, 3.8) is 0 Å². The molecule has 8 heteroatoms. The molecule has 3 aromatic carbocycles. The van der Waals surface area contributed by atoms with Gasteiger partial charge < -0.3 is 15.2 Å². The van der Waals surface area contributed by atoms with E-state index in [1.807, 2.05) is 18.2 Å². The van der Waals surface area contributed by atoms with E-state index in [1.54, 1.807) is 42.5 Å². The van der Waals surface area contributed by atoms with E-state index in [-0.39, 0.29) is 17.7 Å². The number of anilines is 1. The monoisotopic (exact) mass is 602 g/mol. The van der Waals surface area contributed by atoms with E-state index in [1.165, 1.54) is 18.2 Å². The van der Waals surface area contributed by atoms with Crippen LogP contribution < -0.4 is 10.1 Å². The van der Waals surface area contributed by atoms with Crippen molar-refractivity contribution >= 4 is 62.2 Å². The molecule has 0 aromatic heterocycles. The van der Waals surface area contributed by atoms with Crippen molar-refractivity contribution in [1.82, 2.24) is 0 Å². The SMILES string of the molecule is N#C/C(=C/c1ccc(OCc2ccc(C(=O)O)cc2)c(I)c1)C(=O)Nc1cccc(Br)c1. The number of aromatic carboxylic acids is 1. The third-order valence-electron chi connectivity index (χ3n) is 4.31. The highest BCUT2D eigenvalue weighted by molar-refractivity contribution is 14.1. The maximum atomic E-state index is 12.5. The summed E-state index contributed by atoms with van der Waals surface area (Å²) in [4.78, 5) is 23.4. The molecule has 0 atom stereocenters. The Morgan fingerprint density at radius 3 is 2.50 bits per heavy atom. The molecule has 160 valence electrons. The smallest absolute Gasteiger partial charge is 0.335 e. The highest BCUT2D eigenvalue weighted by atomic mass is 127. The van der Waals surface area contributed by atoms with Crippen LogP contribution in [0, 0.1) is 14.9 Å². The molecule has 3 rings (SSSR count). The number of amides is 1. The number of hydrogen-bond donors (Lipinski definition) is 2. The molecule has 1 amide bonds. The molecule has 0 radical (unpaired) electrons. The number of nitrogens with one attached hydrogen (secondary N) is 1. The van der Waals surface area contributed by atoms with Gasteiger partial charge in [-0.05, 0) is 82.3 Å². The maximum absolute atomic E-state index is 12.5. The molecule has 32 heavy (non-hydrogen) atoms. The summed E-state index contributed by atoms with van der Waals surface area (Å²) in [6.45, 7) is 0.281. The topological polar surface area (TPSA) is 99.4 Å². The molecule has 0 spiro atoms. The summed E-state index contributed by atoms with van der Waals surface area (Å²) in [5, 5.41) is 21.1. The molecule has 3 aromatic rings. The highest BCUT2D eigenvalue weighted by Gasteiger charge is 2.11. The minimum absolute atomic E-state index is 0.0204. The molecule has 0 bridgehead atoms. The van der Waals surface area contributed by atoms with Crippen LogP contribution in [-0.4, -0.2) is 17.0 Å². The number of nitrogens with zero attached hydrogens (tertiary/aromatic N) is 1. The minimum atomic E-state index is -0.974. The molecule has 2 N–H and O–H groups in total. The van der Waals surface area contributed by atoms with Crippen LogP contribution in [0.3, 0.4) is 0 Å².